The van der Waals surface area contributed by atoms with Crippen LogP contribution in [0.5, 0.6) is 0 Å². The normalized spacial score (nSPS) is 15.3. The number of hydrogen-bond donors (Lipinski definition) is 1. The molecule has 0 fully saturated rings. The number of nitrogens with one attached hydrogen (secondary N) is 1. The number of benzene rings is 5. The van der Waals surface area contributed by atoms with Gasteiger partial charge in [-0.05, 0) is 34.9 Å². The highest BCUT2D eigenvalue weighted by Gasteiger charge is 2.23. The van der Waals surface area contributed by atoms with E-state index in [9.17, 15) is 0 Å². The maximum Gasteiger partial charge on any atom is 0.160 e. The zero-order valence-corrected chi connectivity index (χ0v) is 20.0. The summed E-state index contributed by atoms with van der Waals surface area (Å²) in [6, 6.07) is 43.3. The van der Waals surface area contributed by atoms with E-state index in [1.165, 1.54) is 0 Å². The van der Waals surface area contributed by atoms with Crippen molar-refractivity contribution >= 4 is 33.6 Å². The van der Waals surface area contributed by atoms with Gasteiger partial charge in [-0.3, -0.25) is 0 Å². The molecule has 0 saturated heterocycles. The molecule has 176 valence electrons. The maximum atomic E-state index is 6.35. The molecule has 6 aromatic rings. The van der Waals surface area contributed by atoms with Gasteiger partial charge in [0.25, 0.3) is 0 Å². The molecular weight excluding hydrogens is 454 g/mol. The lowest BCUT2D eigenvalue weighted by molar-refractivity contribution is 0.668. The highest BCUT2D eigenvalue weighted by Crippen LogP contribution is 2.35. The number of furan rings is 1. The van der Waals surface area contributed by atoms with E-state index in [4.69, 9.17) is 14.4 Å². The van der Waals surface area contributed by atoms with Crippen LogP contribution in [0.4, 0.5) is 0 Å². The Balaban J connectivity index is 1.41. The second-order valence-corrected chi connectivity index (χ2v) is 9.09. The van der Waals surface area contributed by atoms with Crippen LogP contribution in [0.3, 0.4) is 0 Å². The van der Waals surface area contributed by atoms with Crippen molar-refractivity contribution in [3.05, 3.63) is 144 Å². The van der Waals surface area contributed by atoms with Crippen molar-refractivity contribution < 1.29 is 4.42 Å². The molecule has 0 saturated carbocycles. The average Bonchev–Trinajstić information content (AvgIpc) is 3.36. The third kappa shape index (κ3) is 3.89. The van der Waals surface area contributed by atoms with E-state index in [0.29, 0.717) is 5.84 Å². The first-order valence-corrected chi connectivity index (χ1v) is 12.4. The molecule has 2 heterocycles. The maximum absolute atomic E-state index is 6.35. The van der Waals surface area contributed by atoms with E-state index in [2.05, 4.69) is 78.1 Å². The first-order chi connectivity index (χ1) is 18.3. The number of fused-ring (bicyclic) bond motifs is 3. The molecule has 1 unspecified atom stereocenters. The lowest BCUT2D eigenvalue weighted by atomic mass is 10.0. The summed E-state index contributed by atoms with van der Waals surface area (Å²) in [5, 5.41) is 5.61. The van der Waals surface area contributed by atoms with Crippen molar-refractivity contribution in [3.63, 3.8) is 0 Å². The molecule has 0 spiro atoms. The quantitative estimate of drug-likeness (QED) is 0.282. The van der Waals surface area contributed by atoms with E-state index in [1.54, 1.807) is 0 Å². The van der Waals surface area contributed by atoms with Crippen LogP contribution in [-0.2, 0) is 0 Å². The lowest BCUT2D eigenvalue weighted by Gasteiger charge is -2.23. The lowest BCUT2D eigenvalue weighted by Crippen LogP contribution is -2.33. The first-order valence-electron chi connectivity index (χ1n) is 12.4. The summed E-state index contributed by atoms with van der Waals surface area (Å²) in [7, 11) is 0. The van der Waals surface area contributed by atoms with Crippen LogP contribution in [-0.4, -0.2) is 11.7 Å². The van der Waals surface area contributed by atoms with Crippen LogP contribution in [0.25, 0.3) is 33.1 Å². The molecule has 1 aliphatic heterocycles. The Kier molecular flexibility index (Phi) is 5.14. The third-order valence-corrected chi connectivity index (χ3v) is 6.75. The first kappa shape index (κ1) is 21.3. The number of aliphatic imine (C=N–C) groups is 2. The summed E-state index contributed by atoms with van der Waals surface area (Å²) in [4.78, 5) is 10.1. The average molecular weight is 478 g/mol. The Labute approximate surface area is 214 Å². The fourth-order valence-corrected chi connectivity index (χ4v) is 4.94. The van der Waals surface area contributed by atoms with Gasteiger partial charge in [0.05, 0.1) is 0 Å². The van der Waals surface area contributed by atoms with Crippen LogP contribution in [0.2, 0.25) is 0 Å². The van der Waals surface area contributed by atoms with Crippen molar-refractivity contribution in [2.75, 3.05) is 0 Å². The number of hydrogen-bond acceptors (Lipinski definition) is 4. The molecule has 37 heavy (non-hydrogen) atoms. The second kappa shape index (κ2) is 8.92. The van der Waals surface area contributed by atoms with Crippen molar-refractivity contribution in [1.29, 1.82) is 0 Å². The van der Waals surface area contributed by atoms with Crippen molar-refractivity contribution in [2.45, 2.75) is 6.17 Å². The molecule has 7 rings (SSSR count). The molecule has 1 atom stereocenters. The van der Waals surface area contributed by atoms with Gasteiger partial charge in [0.1, 0.15) is 23.2 Å². The molecule has 1 aliphatic rings. The molecule has 1 N–H and O–H groups in total. The summed E-state index contributed by atoms with van der Waals surface area (Å²) in [5.41, 5.74) is 7.03. The molecule has 1 aromatic heterocycles. The SMILES string of the molecule is c1ccc(C2=NC(c3cccc4oc5cc(-c6ccccc6)ccc5c34)=NC(c3ccccc3)N2)cc1. The largest absolute Gasteiger partial charge is 0.456 e. The molecule has 0 aliphatic carbocycles. The fraction of sp³-hybridized carbons (Fsp3) is 0.0303. The van der Waals surface area contributed by atoms with Gasteiger partial charge in [0.2, 0.25) is 0 Å². The van der Waals surface area contributed by atoms with Crippen LogP contribution < -0.4 is 5.32 Å². The van der Waals surface area contributed by atoms with Gasteiger partial charge in [-0.2, -0.15) is 0 Å². The Bertz CT molecular complexity index is 1790. The predicted octanol–water partition coefficient (Wildman–Crippen LogP) is 7.75. The molecular formula is C33H23N3O. The number of rotatable bonds is 4. The Morgan fingerprint density at radius 2 is 1.30 bits per heavy atom. The van der Waals surface area contributed by atoms with Gasteiger partial charge in [-0.15, -0.1) is 0 Å². The minimum absolute atomic E-state index is 0.248. The van der Waals surface area contributed by atoms with E-state index >= 15 is 0 Å². The summed E-state index contributed by atoms with van der Waals surface area (Å²) in [5.74, 6) is 1.49. The molecule has 5 aromatic carbocycles. The molecule has 4 nitrogen and oxygen atoms in total. The van der Waals surface area contributed by atoms with Crippen molar-refractivity contribution in [1.82, 2.24) is 5.32 Å². The molecule has 0 amide bonds. The van der Waals surface area contributed by atoms with Crippen LogP contribution >= 0.6 is 0 Å². The second-order valence-electron chi connectivity index (χ2n) is 9.09. The van der Waals surface area contributed by atoms with E-state index in [0.717, 1.165) is 55.6 Å². The summed E-state index contributed by atoms with van der Waals surface area (Å²) >= 11 is 0. The van der Waals surface area contributed by atoms with E-state index in [-0.39, 0.29) is 6.17 Å². The van der Waals surface area contributed by atoms with E-state index in [1.807, 2.05) is 54.6 Å². The van der Waals surface area contributed by atoms with E-state index < -0.39 is 0 Å². The van der Waals surface area contributed by atoms with Gasteiger partial charge >= 0.3 is 0 Å². The van der Waals surface area contributed by atoms with Crippen molar-refractivity contribution in [3.8, 4) is 11.1 Å². The van der Waals surface area contributed by atoms with Gasteiger partial charge in [-0.25, -0.2) is 9.98 Å². The number of nitrogens with zero attached hydrogens (tertiary/aromatic N) is 2. The van der Waals surface area contributed by atoms with Crippen molar-refractivity contribution in [2.24, 2.45) is 9.98 Å². The number of amidine groups is 2. The third-order valence-electron chi connectivity index (χ3n) is 6.75. The van der Waals surface area contributed by atoms with Gasteiger partial charge in [0, 0.05) is 21.9 Å². The smallest absolute Gasteiger partial charge is 0.160 e. The van der Waals surface area contributed by atoms with Gasteiger partial charge < -0.3 is 9.73 Å². The monoisotopic (exact) mass is 477 g/mol. The Hall–Kier alpha value is -4.96. The van der Waals surface area contributed by atoms with Gasteiger partial charge in [-0.1, -0.05) is 109 Å². The van der Waals surface area contributed by atoms with Gasteiger partial charge in [0.15, 0.2) is 5.84 Å². The highest BCUT2D eigenvalue weighted by atomic mass is 16.3. The van der Waals surface area contributed by atoms with Crippen LogP contribution in [0, 0.1) is 0 Å². The summed E-state index contributed by atoms with van der Waals surface area (Å²) in [6.45, 7) is 0. The molecule has 0 bridgehead atoms. The Morgan fingerprint density at radius 1 is 0.595 bits per heavy atom. The summed E-state index contributed by atoms with van der Waals surface area (Å²) < 4.78 is 6.35. The predicted molar refractivity (Wildman–Crippen MR) is 151 cm³/mol. The topological polar surface area (TPSA) is 49.9 Å². The highest BCUT2D eigenvalue weighted by molar-refractivity contribution is 6.22. The molecule has 0 radical (unpaired) electrons. The standard InChI is InChI=1S/C33H23N3O/c1-4-11-22(12-5-1)25-19-20-26-29(21-25)37-28-18-10-17-27(30(26)28)33-35-31(23-13-6-2-7-14-23)34-32(36-33)24-15-8-3-9-16-24/h1-21,31H,(H,34,35,36). The summed E-state index contributed by atoms with van der Waals surface area (Å²) in [6.07, 6.45) is -0.248. The minimum Gasteiger partial charge on any atom is -0.456 e. The molecule has 4 heteroatoms. The zero-order valence-electron chi connectivity index (χ0n) is 20.0. The Morgan fingerprint density at radius 3 is 2.05 bits per heavy atom. The fourth-order valence-electron chi connectivity index (χ4n) is 4.94. The zero-order chi connectivity index (χ0) is 24.6. The van der Waals surface area contributed by atoms with Crippen LogP contribution in [0.15, 0.2) is 142 Å². The van der Waals surface area contributed by atoms with Crippen LogP contribution in [0.1, 0.15) is 22.9 Å². The minimum atomic E-state index is -0.248.